The van der Waals surface area contributed by atoms with Crippen molar-refractivity contribution in [1.29, 1.82) is 0 Å². The largest absolute Gasteiger partial charge is 0.459 e. The predicted octanol–water partition coefficient (Wildman–Crippen LogP) is 1.77. The molecule has 1 aliphatic rings. The Morgan fingerprint density at radius 3 is 1.44 bits per heavy atom. The van der Waals surface area contributed by atoms with Gasteiger partial charge in [-0.2, -0.15) is 0 Å². The second kappa shape index (κ2) is 15.0. The van der Waals surface area contributed by atoms with Crippen molar-refractivity contribution in [2.24, 2.45) is 5.41 Å². The summed E-state index contributed by atoms with van der Waals surface area (Å²) >= 11 is 0. The molecule has 10 nitrogen and oxygen atoms in total. The molecular formula is C29H36N2O8. The SMILES string of the molecule is O=C(CC1(CC(=O)N[C@H](CO)C(=O)OCc2ccccc2)CCCC1)N[C@H](CO)C(=O)OCc1ccccc1. The van der Waals surface area contributed by atoms with E-state index in [2.05, 4.69) is 10.6 Å². The van der Waals surface area contributed by atoms with E-state index < -0.39 is 54.5 Å². The molecule has 0 heterocycles. The minimum absolute atomic E-state index is 0.00988. The highest BCUT2D eigenvalue weighted by Crippen LogP contribution is 2.44. The highest BCUT2D eigenvalue weighted by Gasteiger charge is 2.39. The summed E-state index contributed by atoms with van der Waals surface area (Å²) in [5, 5.41) is 24.4. The molecule has 0 saturated heterocycles. The van der Waals surface area contributed by atoms with Gasteiger partial charge in [-0.1, -0.05) is 73.5 Å². The standard InChI is InChI=1S/C29H36N2O8/c32-17-23(27(36)38-19-21-9-3-1-4-10-21)30-25(34)15-29(13-7-8-14-29)16-26(35)31-24(18-33)28(37)39-20-22-11-5-2-6-12-22/h1-6,9-12,23-24,32-33H,7-8,13-20H2,(H,30,34)(H,31,35)/t23-,24-/m1/s1. The molecule has 2 atom stereocenters. The van der Waals surface area contributed by atoms with Crippen molar-refractivity contribution in [3.8, 4) is 0 Å². The van der Waals surface area contributed by atoms with E-state index in [0.29, 0.717) is 12.8 Å². The molecule has 2 amide bonds. The van der Waals surface area contributed by atoms with Crippen LogP contribution in [0.2, 0.25) is 0 Å². The van der Waals surface area contributed by atoms with Gasteiger partial charge in [0.15, 0.2) is 12.1 Å². The first kappa shape index (κ1) is 29.8. The minimum Gasteiger partial charge on any atom is -0.459 e. The molecule has 1 fully saturated rings. The molecule has 0 radical (unpaired) electrons. The Morgan fingerprint density at radius 1 is 0.692 bits per heavy atom. The Labute approximate surface area is 227 Å². The van der Waals surface area contributed by atoms with Gasteiger partial charge in [0, 0.05) is 12.8 Å². The molecule has 4 N–H and O–H groups in total. The second-order valence-corrected chi connectivity index (χ2v) is 9.85. The number of aliphatic hydroxyl groups excluding tert-OH is 2. The number of carbonyl (C=O) groups is 4. The van der Waals surface area contributed by atoms with Crippen molar-refractivity contribution < 1.29 is 38.9 Å². The van der Waals surface area contributed by atoms with E-state index >= 15 is 0 Å². The molecule has 1 aliphatic carbocycles. The van der Waals surface area contributed by atoms with Crippen LogP contribution in [0.4, 0.5) is 0 Å². The Kier molecular flexibility index (Phi) is 11.4. The summed E-state index contributed by atoms with van der Waals surface area (Å²) in [7, 11) is 0. The molecule has 0 aromatic heterocycles. The van der Waals surface area contributed by atoms with E-state index in [4.69, 9.17) is 9.47 Å². The number of aliphatic hydroxyl groups is 2. The van der Waals surface area contributed by atoms with Gasteiger partial charge >= 0.3 is 11.9 Å². The van der Waals surface area contributed by atoms with Crippen LogP contribution in [-0.2, 0) is 41.9 Å². The first-order valence-electron chi connectivity index (χ1n) is 13.1. The zero-order valence-corrected chi connectivity index (χ0v) is 21.8. The average molecular weight is 541 g/mol. The van der Waals surface area contributed by atoms with Crippen LogP contribution in [0.3, 0.4) is 0 Å². The van der Waals surface area contributed by atoms with Gasteiger partial charge in [0.1, 0.15) is 13.2 Å². The van der Waals surface area contributed by atoms with Gasteiger partial charge < -0.3 is 30.3 Å². The number of carbonyl (C=O) groups excluding carboxylic acids is 4. The third kappa shape index (κ3) is 9.49. The molecular weight excluding hydrogens is 504 g/mol. The lowest BCUT2D eigenvalue weighted by Crippen LogP contribution is -2.47. The van der Waals surface area contributed by atoms with Crippen LogP contribution in [0.25, 0.3) is 0 Å². The topological polar surface area (TPSA) is 151 Å². The summed E-state index contributed by atoms with van der Waals surface area (Å²) in [4.78, 5) is 50.6. The number of ether oxygens (including phenoxy) is 2. The smallest absolute Gasteiger partial charge is 0.331 e. The van der Waals surface area contributed by atoms with Gasteiger partial charge in [0.2, 0.25) is 11.8 Å². The normalized spacial score (nSPS) is 15.5. The van der Waals surface area contributed by atoms with Gasteiger partial charge in [0.25, 0.3) is 0 Å². The van der Waals surface area contributed by atoms with Crippen LogP contribution in [-0.4, -0.2) is 59.3 Å². The van der Waals surface area contributed by atoms with Crippen LogP contribution >= 0.6 is 0 Å². The van der Waals surface area contributed by atoms with Crippen LogP contribution < -0.4 is 10.6 Å². The number of hydrogen-bond donors (Lipinski definition) is 4. The molecule has 1 saturated carbocycles. The Morgan fingerprint density at radius 2 is 1.08 bits per heavy atom. The van der Waals surface area contributed by atoms with Crippen molar-refractivity contribution in [3.63, 3.8) is 0 Å². The maximum Gasteiger partial charge on any atom is 0.331 e. The molecule has 0 aliphatic heterocycles. The number of rotatable bonds is 14. The Balaban J connectivity index is 1.51. The summed E-state index contributed by atoms with van der Waals surface area (Å²) in [6.07, 6.45) is 2.80. The average Bonchev–Trinajstić information content (AvgIpc) is 3.40. The van der Waals surface area contributed by atoms with Crippen molar-refractivity contribution in [3.05, 3.63) is 71.8 Å². The molecule has 210 valence electrons. The lowest BCUT2D eigenvalue weighted by Gasteiger charge is -2.29. The van der Waals surface area contributed by atoms with E-state index in [9.17, 15) is 29.4 Å². The first-order chi connectivity index (χ1) is 18.8. The zero-order chi connectivity index (χ0) is 28.1. The van der Waals surface area contributed by atoms with Crippen LogP contribution in [0, 0.1) is 5.41 Å². The molecule has 39 heavy (non-hydrogen) atoms. The summed E-state index contributed by atoms with van der Waals surface area (Å²) in [6, 6.07) is 15.6. The number of esters is 2. The third-order valence-electron chi connectivity index (χ3n) is 6.79. The Bertz CT molecular complexity index is 1010. The fourth-order valence-corrected chi connectivity index (χ4v) is 4.73. The van der Waals surface area contributed by atoms with E-state index in [-0.39, 0.29) is 26.1 Å². The summed E-state index contributed by atoms with van der Waals surface area (Å²) in [6.45, 7) is -1.24. The first-order valence-corrected chi connectivity index (χ1v) is 13.1. The van der Waals surface area contributed by atoms with Crippen molar-refractivity contribution >= 4 is 23.8 Å². The molecule has 2 aromatic carbocycles. The fraction of sp³-hybridized carbons (Fsp3) is 0.448. The van der Waals surface area contributed by atoms with E-state index in [0.717, 1.165) is 24.0 Å². The van der Waals surface area contributed by atoms with E-state index in [1.807, 2.05) is 36.4 Å². The van der Waals surface area contributed by atoms with Gasteiger partial charge in [-0.15, -0.1) is 0 Å². The number of nitrogens with one attached hydrogen (secondary N) is 2. The lowest BCUT2D eigenvalue weighted by molar-refractivity contribution is -0.150. The minimum atomic E-state index is -1.23. The lowest BCUT2D eigenvalue weighted by atomic mass is 9.78. The van der Waals surface area contributed by atoms with Crippen molar-refractivity contribution in [2.75, 3.05) is 13.2 Å². The zero-order valence-electron chi connectivity index (χ0n) is 21.8. The molecule has 0 spiro atoms. The van der Waals surface area contributed by atoms with Crippen LogP contribution in [0.15, 0.2) is 60.7 Å². The Hall–Kier alpha value is -3.76. The second-order valence-electron chi connectivity index (χ2n) is 9.85. The maximum atomic E-state index is 12.9. The molecule has 2 aromatic rings. The van der Waals surface area contributed by atoms with Gasteiger partial charge in [-0.3, -0.25) is 9.59 Å². The number of amides is 2. The molecule has 3 rings (SSSR count). The van der Waals surface area contributed by atoms with Gasteiger partial charge in [-0.05, 0) is 29.4 Å². The van der Waals surface area contributed by atoms with Crippen LogP contribution in [0.1, 0.15) is 49.7 Å². The predicted molar refractivity (Wildman–Crippen MR) is 141 cm³/mol. The van der Waals surface area contributed by atoms with Crippen molar-refractivity contribution in [1.82, 2.24) is 10.6 Å². The number of benzene rings is 2. The van der Waals surface area contributed by atoms with Gasteiger partial charge in [0.05, 0.1) is 13.2 Å². The molecule has 0 unspecified atom stereocenters. The fourth-order valence-electron chi connectivity index (χ4n) is 4.73. The van der Waals surface area contributed by atoms with Gasteiger partial charge in [-0.25, -0.2) is 9.59 Å². The maximum absolute atomic E-state index is 12.9. The molecule has 10 heteroatoms. The van der Waals surface area contributed by atoms with Crippen LogP contribution in [0.5, 0.6) is 0 Å². The molecule has 0 bridgehead atoms. The van der Waals surface area contributed by atoms with Crippen molar-refractivity contribution in [2.45, 2.75) is 63.8 Å². The summed E-state index contributed by atoms with van der Waals surface area (Å²) < 4.78 is 10.4. The monoisotopic (exact) mass is 540 g/mol. The quantitative estimate of drug-likeness (QED) is 0.265. The van der Waals surface area contributed by atoms with E-state index in [1.165, 1.54) is 0 Å². The highest BCUT2D eigenvalue weighted by molar-refractivity contribution is 5.87. The summed E-state index contributed by atoms with van der Waals surface area (Å²) in [5.74, 6) is -2.48. The third-order valence-corrected chi connectivity index (χ3v) is 6.79. The highest BCUT2D eigenvalue weighted by atomic mass is 16.5. The number of hydrogen-bond acceptors (Lipinski definition) is 8. The van der Waals surface area contributed by atoms with E-state index in [1.54, 1.807) is 24.3 Å². The summed E-state index contributed by atoms with van der Waals surface area (Å²) in [5.41, 5.74) is 0.876.